The number of methoxy groups -OCH3 is 1. The number of ether oxygens (including phenoxy) is 1. The maximum absolute atomic E-state index is 11.0. The van der Waals surface area contributed by atoms with Crippen LogP contribution in [0.3, 0.4) is 0 Å². The molecule has 0 saturated heterocycles. The Morgan fingerprint density at radius 3 is 2.26 bits per heavy atom. The average molecular weight is 260 g/mol. The van der Waals surface area contributed by atoms with Gasteiger partial charge in [0.25, 0.3) is 0 Å². The second-order valence-electron chi connectivity index (χ2n) is 3.73. The SMILES string of the molecule is COc1nc(-c2ccc(N)c(C(=O)O)n2)ccc1N. The van der Waals surface area contributed by atoms with E-state index in [0.717, 1.165) is 0 Å². The van der Waals surface area contributed by atoms with Crippen molar-refractivity contribution in [1.29, 1.82) is 0 Å². The molecule has 0 atom stereocenters. The summed E-state index contributed by atoms with van der Waals surface area (Å²) in [6, 6.07) is 6.29. The molecule has 0 aromatic carbocycles. The smallest absolute Gasteiger partial charge is 0.356 e. The Balaban J connectivity index is 2.53. The number of aromatic carboxylic acids is 1. The van der Waals surface area contributed by atoms with Crippen LogP contribution in [0.2, 0.25) is 0 Å². The molecule has 0 spiro atoms. The van der Waals surface area contributed by atoms with Gasteiger partial charge < -0.3 is 21.3 Å². The van der Waals surface area contributed by atoms with Gasteiger partial charge in [0.05, 0.1) is 29.9 Å². The lowest BCUT2D eigenvalue weighted by Crippen LogP contribution is -2.06. The van der Waals surface area contributed by atoms with Gasteiger partial charge in [-0.2, -0.15) is 0 Å². The highest BCUT2D eigenvalue weighted by Gasteiger charge is 2.13. The predicted octanol–water partition coefficient (Wildman–Crippen LogP) is 1.01. The van der Waals surface area contributed by atoms with Gasteiger partial charge in [0.1, 0.15) is 0 Å². The summed E-state index contributed by atoms with van der Waals surface area (Å²) in [5.74, 6) is -0.935. The van der Waals surface area contributed by atoms with Crippen LogP contribution in [0.4, 0.5) is 11.4 Å². The van der Waals surface area contributed by atoms with Gasteiger partial charge in [0.2, 0.25) is 5.88 Å². The van der Waals surface area contributed by atoms with Crippen molar-refractivity contribution in [3.63, 3.8) is 0 Å². The van der Waals surface area contributed by atoms with E-state index in [9.17, 15) is 4.79 Å². The maximum Gasteiger partial charge on any atom is 0.356 e. The molecule has 2 rings (SSSR count). The number of hydrogen-bond donors (Lipinski definition) is 3. The summed E-state index contributed by atoms with van der Waals surface area (Å²) < 4.78 is 5.00. The topological polar surface area (TPSA) is 124 Å². The summed E-state index contributed by atoms with van der Waals surface area (Å²) in [6.07, 6.45) is 0. The highest BCUT2D eigenvalue weighted by molar-refractivity contribution is 5.92. The first-order valence-corrected chi connectivity index (χ1v) is 5.33. The summed E-state index contributed by atoms with van der Waals surface area (Å²) in [7, 11) is 1.45. The van der Waals surface area contributed by atoms with Crippen LogP contribution < -0.4 is 16.2 Å². The minimum Gasteiger partial charge on any atom is -0.480 e. The van der Waals surface area contributed by atoms with Gasteiger partial charge in [0, 0.05) is 0 Å². The molecular weight excluding hydrogens is 248 g/mol. The number of aromatic nitrogens is 2. The number of rotatable bonds is 3. The number of carbonyl (C=O) groups is 1. The van der Waals surface area contributed by atoms with Crippen LogP contribution in [0.25, 0.3) is 11.4 Å². The normalized spacial score (nSPS) is 10.2. The van der Waals surface area contributed by atoms with Gasteiger partial charge in [-0.05, 0) is 24.3 Å². The van der Waals surface area contributed by atoms with Crippen molar-refractivity contribution in [3.8, 4) is 17.3 Å². The molecule has 7 heteroatoms. The van der Waals surface area contributed by atoms with E-state index >= 15 is 0 Å². The van der Waals surface area contributed by atoms with E-state index < -0.39 is 5.97 Å². The van der Waals surface area contributed by atoms with Crippen LogP contribution in [-0.2, 0) is 0 Å². The third-order valence-corrected chi connectivity index (χ3v) is 2.47. The molecule has 2 aromatic heterocycles. The number of nitrogens with two attached hydrogens (primary N) is 2. The van der Waals surface area contributed by atoms with Crippen LogP contribution in [0.1, 0.15) is 10.5 Å². The zero-order chi connectivity index (χ0) is 14.0. The molecule has 7 nitrogen and oxygen atoms in total. The van der Waals surface area contributed by atoms with Crippen molar-refractivity contribution < 1.29 is 14.6 Å². The van der Waals surface area contributed by atoms with Gasteiger partial charge in [-0.15, -0.1) is 0 Å². The van der Waals surface area contributed by atoms with Gasteiger partial charge in [0.15, 0.2) is 5.69 Å². The number of hydrogen-bond acceptors (Lipinski definition) is 6. The van der Waals surface area contributed by atoms with Gasteiger partial charge in [-0.3, -0.25) is 0 Å². The minimum absolute atomic E-state index is 0.0960. The van der Waals surface area contributed by atoms with E-state index in [1.807, 2.05) is 0 Å². The van der Waals surface area contributed by atoms with Crippen molar-refractivity contribution in [2.24, 2.45) is 0 Å². The molecule has 5 N–H and O–H groups in total. The first kappa shape index (κ1) is 12.6. The van der Waals surface area contributed by atoms with E-state index in [4.69, 9.17) is 21.3 Å². The van der Waals surface area contributed by atoms with Crippen molar-refractivity contribution in [2.45, 2.75) is 0 Å². The lowest BCUT2D eigenvalue weighted by molar-refractivity contribution is 0.0692. The van der Waals surface area contributed by atoms with E-state index in [1.54, 1.807) is 18.2 Å². The maximum atomic E-state index is 11.0. The Labute approximate surface area is 108 Å². The molecule has 0 amide bonds. The standard InChI is InChI=1S/C12H12N4O3/c1-19-11-7(14)3-5-9(16-11)8-4-2-6(13)10(15-8)12(17)18/h2-5H,13-14H2,1H3,(H,17,18). The lowest BCUT2D eigenvalue weighted by Gasteiger charge is -2.07. The molecule has 0 radical (unpaired) electrons. The van der Waals surface area contributed by atoms with E-state index in [0.29, 0.717) is 17.1 Å². The first-order chi connectivity index (χ1) is 9.02. The molecule has 0 aliphatic rings. The molecule has 0 fully saturated rings. The number of pyridine rings is 2. The summed E-state index contributed by atoms with van der Waals surface area (Å²) in [5.41, 5.74) is 12.3. The van der Waals surface area contributed by atoms with E-state index in [1.165, 1.54) is 13.2 Å². The van der Waals surface area contributed by atoms with Crippen molar-refractivity contribution in [3.05, 3.63) is 30.0 Å². The summed E-state index contributed by atoms with van der Waals surface area (Å²) in [5, 5.41) is 8.97. The molecule has 0 aliphatic heterocycles. The minimum atomic E-state index is -1.19. The quantitative estimate of drug-likeness (QED) is 0.752. The van der Waals surface area contributed by atoms with Crippen molar-refractivity contribution in [1.82, 2.24) is 9.97 Å². The molecule has 2 aromatic rings. The number of nitrogens with zero attached hydrogens (tertiary/aromatic N) is 2. The number of anilines is 2. The summed E-state index contributed by atoms with van der Waals surface area (Å²) in [4.78, 5) is 19.1. The van der Waals surface area contributed by atoms with Crippen LogP contribution in [0.5, 0.6) is 5.88 Å². The largest absolute Gasteiger partial charge is 0.480 e. The Kier molecular flexibility index (Phi) is 3.19. The molecule has 98 valence electrons. The fourth-order valence-corrected chi connectivity index (χ4v) is 1.54. The highest BCUT2D eigenvalue weighted by atomic mass is 16.5. The average Bonchev–Trinajstić information content (AvgIpc) is 2.39. The zero-order valence-corrected chi connectivity index (χ0v) is 10.1. The van der Waals surface area contributed by atoms with Gasteiger partial charge in [-0.1, -0.05) is 0 Å². The molecule has 0 aliphatic carbocycles. The molecule has 0 unspecified atom stereocenters. The molecule has 0 saturated carbocycles. The van der Waals surface area contributed by atoms with Gasteiger partial charge in [-0.25, -0.2) is 14.8 Å². The molecule has 0 bridgehead atoms. The second kappa shape index (κ2) is 4.81. The summed E-state index contributed by atoms with van der Waals surface area (Å²) in [6.45, 7) is 0. The van der Waals surface area contributed by atoms with E-state index in [-0.39, 0.29) is 17.3 Å². The fourth-order valence-electron chi connectivity index (χ4n) is 1.54. The van der Waals surface area contributed by atoms with Crippen molar-refractivity contribution in [2.75, 3.05) is 18.6 Å². The zero-order valence-electron chi connectivity index (χ0n) is 10.1. The number of nitrogen functional groups attached to an aromatic ring is 2. The third-order valence-electron chi connectivity index (χ3n) is 2.47. The van der Waals surface area contributed by atoms with Crippen LogP contribution in [0, 0.1) is 0 Å². The molecule has 19 heavy (non-hydrogen) atoms. The van der Waals surface area contributed by atoms with E-state index in [2.05, 4.69) is 9.97 Å². The number of carboxylic acids is 1. The Hall–Kier alpha value is -2.83. The summed E-state index contributed by atoms with van der Waals surface area (Å²) >= 11 is 0. The first-order valence-electron chi connectivity index (χ1n) is 5.33. The van der Waals surface area contributed by atoms with Crippen LogP contribution in [0.15, 0.2) is 24.3 Å². The van der Waals surface area contributed by atoms with Crippen LogP contribution in [-0.4, -0.2) is 28.2 Å². The van der Waals surface area contributed by atoms with Crippen LogP contribution >= 0.6 is 0 Å². The van der Waals surface area contributed by atoms with Crippen molar-refractivity contribution >= 4 is 17.3 Å². The second-order valence-corrected chi connectivity index (χ2v) is 3.73. The fraction of sp³-hybridized carbons (Fsp3) is 0.0833. The Morgan fingerprint density at radius 1 is 1.11 bits per heavy atom. The predicted molar refractivity (Wildman–Crippen MR) is 69.8 cm³/mol. The van der Waals surface area contributed by atoms with Gasteiger partial charge >= 0.3 is 5.97 Å². The number of carboxylic acid groups (broad SMARTS) is 1. The lowest BCUT2D eigenvalue weighted by atomic mass is 10.2. The Morgan fingerprint density at radius 2 is 1.68 bits per heavy atom. The third kappa shape index (κ3) is 2.39. The monoisotopic (exact) mass is 260 g/mol. The Bertz CT molecular complexity index is 643. The molecular formula is C12H12N4O3. The molecule has 2 heterocycles. The highest BCUT2D eigenvalue weighted by Crippen LogP contribution is 2.24.